The second-order valence-electron chi connectivity index (χ2n) is 5.94. The summed E-state index contributed by atoms with van der Waals surface area (Å²) in [4.78, 5) is 37.7. The van der Waals surface area contributed by atoms with Gasteiger partial charge in [0, 0.05) is 31.4 Å². The summed E-state index contributed by atoms with van der Waals surface area (Å²) in [5.41, 5.74) is 2.19. The van der Waals surface area contributed by atoms with Crippen LogP contribution in [0.1, 0.15) is 15.9 Å². The maximum Gasteiger partial charge on any atom is 0.250 e. The molecule has 0 saturated heterocycles. The second kappa shape index (κ2) is 6.76. The summed E-state index contributed by atoms with van der Waals surface area (Å²) in [6.45, 7) is 0.926. The predicted octanol–water partition coefficient (Wildman–Crippen LogP) is 1.54. The molecule has 1 aliphatic rings. The van der Waals surface area contributed by atoms with Crippen LogP contribution in [0.25, 0.3) is 5.57 Å². The molecule has 3 rings (SSSR count). The molecule has 0 aliphatic carbocycles. The van der Waals surface area contributed by atoms with Crippen molar-refractivity contribution >= 4 is 17.1 Å². The summed E-state index contributed by atoms with van der Waals surface area (Å²) in [6, 6.07) is 12.3. The Labute approximate surface area is 139 Å². The third-order valence-corrected chi connectivity index (χ3v) is 4.03. The first kappa shape index (κ1) is 16.1. The van der Waals surface area contributed by atoms with Crippen molar-refractivity contribution in [3.63, 3.8) is 0 Å². The molecule has 1 aliphatic heterocycles. The molecule has 0 bridgehead atoms. The molecule has 0 N–H and O–H groups in total. The highest BCUT2D eigenvalue weighted by Crippen LogP contribution is 2.19. The van der Waals surface area contributed by atoms with E-state index in [0.717, 1.165) is 11.1 Å². The number of carbonyl (C=O) groups is 2. The minimum atomic E-state index is -0.0994. The van der Waals surface area contributed by atoms with E-state index in [1.165, 1.54) is 10.6 Å². The van der Waals surface area contributed by atoms with Crippen molar-refractivity contribution in [2.45, 2.75) is 0 Å². The number of carbonyl (C=O) groups excluding carboxylic acids is 2. The van der Waals surface area contributed by atoms with Crippen molar-refractivity contribution in [1.29, 1.82) is 0 Å². The van der Waals surface area contributed by atoms with Crippen molar-refractivity contribution in [2.75, 3.05) is 19.6 Å². The molecule has 2 heterocycles. The first-order valence-electron chi connectivity index (χ1n) is 7.74. The van der Waals surface area contributed by atoms with Crippen LogP contribution < -0.4 is 5.56 Å². The quantitative estimate of drug-likeness (QED) is 0.801. The summed E-state index contributed by atoms with van der Waals surface area (Å²) in [5.74, 6) is -0.0453. The van der Waals surface area contributed by atoms with E-state index in [9.17, 15) is 14.4 Å². The van der Waals surface area contributed by atoms with Crippen LogP contribution in [0.2, 0.25) is 0 Å². The standard InChI is InChI=1S/C19H18N2O3/c1-20-10-15(7-8-19(20)24)16-9-17(22)12-21(11-16)13-18(23)14-5-3-2-4-6-14/h2-10H,11-13H2,1H3. The molecule has 24 heavy (non-hydrogen) atoms. The van der Waals surface area contributed by atoms with Crippen molar-refractivity contribution in [3.8, 4) is 0 Å². The summed E-state index contributed by atoms with van der Waals surface area (Å²) >= 11 is 0. The molecule has 5 nitrogen and oxygen atoms in total. The first-order chi connectivity index (χ1) is 11.5. The smallest absolute Gasteiger partial charge is 0.250 e. The van der Waals surface area contributed by atoms with Gasteiger partial charge in [0.15, 0.2) is 11.6 Å². The van der Waals surface area contributed by atoms with Crippen molar-refractivity contribution in [1.82, 2.24) is 9.47 Å². The number of Topliss-reactive ketones (excluding diaryl/α,β-unsaturated/α-hetero) is 1. The van der Waals surface area contributed by atoms with Gasteiger partial charge in [-0.25, -0.2) is 0 Å². The molecule has 0 amide bonds. The van der Waals surface area contributed by atoms with E-state index in [1.807, 2.05) is 23.1 Å². The van der Waals surface area contributed by atoms with Crippen molar-refractivity contribution in [2.24, 2.45) is 7.05 Å². The van der Waals surface area contributed by atoms with Gasteiger partial charge in [-0.3, -0.25) is 19.3 Å². The largest absolute Gasteiger partial charge is 0.318 e. The lowest BCUT2D eigenvalue weighted by molar-refractivity contribution is -0.115. The van der Waals surface area contributed by atoms with Gasteiger partial charge in [-0.15, -0.1) is 0 Å². The van der Waals surface area contributed by atoms with Crippen molar-refractivity contribution in [3.05, 3.63) is 76.2 Å². The van der Waals surface area contributed by atoms with Crippen molar-refractivity contribution < 1.29 is 9.59 Å². The number of rotatable bonds is 4. The highest BCUT2D eigenvalue weighted by Gasteiger charge is 2.21. The highest BCUT2D eigenvalue weighted by molar-refractivity contribution is 6.02. The fraction of sp³-hybridized carbons (Fsp3) is 0.211. The molecular formula is C19H18N2O3. The van der Waals surface area contributed by atoms with Crippen LogP contribution in [0.15, 0.2) is 59.5 Å². The van der Waals surface area contributed by atoms with Gasteiger partial charge in [-0.05, 0) is 23.3 Å². The van der Waals surface area contributed by atoms with Gasteiger partial charge in [0.25, 0.3) is 0 Å². The molecule has 0 spiro atoms. The van der Waals surface area contributed by atoms with E-state index in [0.29, 0.717) is 12.1 Å². The lowest BCUT2D eigenvalue weighted by Gasteiger charge is -2.26. The van der Waals surface area contributed by atoms with Gasteiger partial charge in [0.1, 0.15) is 0 Å². The molecule has 0 atom stereocenters. The molecule has 1 aromatic heterocycles. The SMILES string of the molecule is Cn1cc(C2=CC(=O)CN(CC(=O)c3ccccc3)C2)ccc1=O. The van der Waals surface area contributed by atoms with Crippen LogP contribution in [0.5, 0.6) is 0 Å². The lowest BCUT2D eigenvalue weighted by Crippen LogP contribution is -2.38. The molecule has 0 fully saturated rings. The van der Waals surface area contributed by atoms with E-state index < -0.39 is 0 Å². The van der Waals surface area contributed by atoms with Gasteiger partial charge in [-0.2, -0.15) is 0 Å². The fourth-order valence-corrected chi connectivity index (χ4v) is 2.79. The van der Waals surface area contributed by atoms with Crippen LogP contribution in [0.3, 0.4) is 0 Å². The number of hydrogen-bond acceptors (Lipinski definition) is 4. The van der Waals surface area contributed by atoms with Crippen LogP contribution in [0, 0.1) is 0 Å². The van der Waals surface area contributed by atoms with Crippen LogP contribution in [0.4, 0.5) is 0 Å². The molecule has 2 aromatic rings. The fourth-order valence-electron chi connectivity index (χ4n) is 2.79. The Morgan fingerprint density at radius 2 is 1.79 bits per heavy atom. The number of ketones is 2. The van der Waals surface area contributed by atoms with E-state index in [-0.39, 0.29) is 30.2 Å². The zero-order valence-corrected chi connectivity index (χ0v) is 13.4. The molecule has 5 heteroatoms. The average Bonchev–Trinajstić information content (AvgIpc) is 2.57. The Morgan fingerprint density at radius 1 is 1.04 bits per heavy atom. The average molecular weight is 322 g/mol. The van der Waals surface area contributed by atoms with Gasteiger partial charge < -0.3 is 4.57 Å². The Bertz CT molecular complexity index is 866. The van der Waals surface area contributed by atoms with E-state index >= 15 is 0 Å². The zero-order valence-electron chi connectivity index (χ0n) is 13.4. The third kappa shape index (κ3) is 3.58. The van der Waals surface area contributed by atoms with Crippen LogP contribution in [-0.2, 0) is 11.8 Å². The summed E-state index contributed by atoms with van der Waals surface area (Å²) in [6.07, 6.45) is 3.31. The zero-order chi connectivity index (χ0) is 17.1. The second-order valence-corrected chi connectivity index (χ2v) is 5.94. The summed E-state index contributed by atoms with van der Waals surface area (Å²) < 4.78 is 1.48. The summed E-state index contributed by atoms with van der Waals surface area (Å²) in [5, 5.41) is 0. The topological polar surface area (TPSA) is 59.4 Å². The molecule has 0 saturated carbocycles. The van der Waals surface area contributed by atoms with Gasteiger partial charge in [-0.1, -0.05) is 30.3 Å². The summed E-state index contributed by atoms with van der Waals surface area (Å²) in [7, 11) is 1.67. The lowest BCUT2D eigenvalue weighted by atomic mass is 10.0. The maximum absolute atomic E-state index is 12.3. The number of nitrogens with zero attached hydrogens (tertiary/aromatic N) is 2. The first-order valence-corrected chi connectivity index (χ1v) is 7.74. The Hall–Kier alpha value is -2.79. The number of aryl methyl sites for hydroxylation is 1. The van der Waals surface area contributed by atoms with Gasteiger partial charge in [0.2, 0.25) is 5.56 Å². The number of hydrogen-bond donors (Lipinski definition) is 0. The molecule has 0 unspecified atom stereocenters. The molecule has 1 aromatic carbocycles. The molecule has 0 radical (unpaired) electrons. The minimum Gasteiger partial charge on any atom is -0.318 e. The van der Waals surface area contributed by atoms with E-state index in [1.54, 1.807) is 37.5 Å². The van der Waals surface area contributed by atoms with Gasteiger partial charge in [0.05, 0.1) is 13.1 Å². The van der Waals surface area contributed by atoms with Crippen LogP contribution in [-0.4, -0.2) is 40.7 Å². The van der Waals surface area contributed by atoms with E-state index in [2.05, 4.69) is 0 Å². The van der Waals surface area contributed by atoms with E-state index in [4.69, 9.17) is 0 Å². The Balaban J connectivity index is 1.77. The highest BCUT2D eigenvalue weighted by atomic mass is 16.1. The number of aromatic nitrogens is 1. The van der Waals surface area contributed by atoms with Crippen LogP contribution >= 0.6 is 0 Å². The van der Waals surface area contributed by atoms with Gasteiger partial charge >= 0.3 is 0 Å². The number of pyridine rings is 1. The predicted molar refractivity (Wildman–Crippen MR) is 91.9 cm³/mol. The number of benzene rings is 1. The monoisotopic (exact) mass is 322 g/mol. The maximum atomic E-state index is 12.3. The molecule has 122 valence electrons. The third-order valence-electron chi connectivity index (χ3n) is 4.03. The normalized spacial score (nSPS) is 15.2. The Kier molecular flexibility index (Phi) is 4.53. The Morgan fingerprint density at radius 3 is 2.50 bits per heavy atom. The minimum absolute atomic E-state index is 0.00916. The molecular weight excluding hydrogens is 304 g/mol.